The van der Waals surface area contributed by atoms with Gasteiger partial charge in [-0.1, -0.05) is 42.1 Å². The molecular formula is C17H10F2OS. The van der Waals surface area contributed by atoms with Gasteiger partial charge in [0.05, 0.1) is 4.90 Å². The van der Waals surface area contributed by atoms with Crippen LogP contribution >= 0.6 is 11.8 Å². The molecule has 0 aromatic heterocycles. The molecule has 0 unspecified atom stereocenters. The Morgan fingerprint density at radius 1 is 0.857 bits per heavy atom. The molecule has 3 aromatic carbocycles. The molecule has 1 nitrogen and oxygen atoms in total. The highest BCUT2D eigenvalue weighted by Gasteiger charge is 2.13. The highest BCUT2D eigenvalue weighted by molar-refractivity contribution is 7.99. The first kappa shape index (κ1) is 13.8. The minimum atomic E-state index is -0.727. The van der Waals surface area contributed by atoms with Gasteiger partial charge in [-0.2, -0.15) is 0 Å². The lowest BCUT2D eigenvalue weighted by Gasteiger charge is -2.07. The number of carbonyl (C=O) groups is 1. The first-order chi connectivity index (χ1) is 10.2. The number of hydrogen-bond donors (Lipinski definition) is 0. The van der Waals surface area contributed by atoms with Crippen LogP contribution in [0.2, 0.25) is 0 Å². The summed E-state index contributed by atoms with van der Waals surface area (Å²) in [5, 5.41) is 2.08. The molecule has 104 valence electrons. The summed E-state index contributed by atoms with van der Waals surface area (Å²) in [6.07, 6.45) is 0.427. The van der Waals surface area contributed by atoms with Crippen molar-refractivity contribution in [2.45, 2.75) is 9.79 Å². The fraction of sp³-hybridized carbons (Fsp3) is 0. The molecule has 0 saturated heterocycles. The summed E-state index contributed by atoms with van der Waals surface area (Å²) < 4.78 is 27.8. The Morgan fingerprint density at radius 3 is 2.19 bits per heavy atom. The molecule has 3 aromatic rings. The summed E-state index contributed by atoms with van der Waals surface area (Å²) in [7, 11) is 0. The van der Waals surface area contributed by atoms with Gasteiger partial charge in [0.25, 0.3) is 0 Å². The number of hydrogen-bond acceptors (Lipinski definition) is 2. The van der Waals surface area contributed by atoms with Crippen LogP contribution in [0.4, 0.5) is 8.78 Å². The smallest absolute Gasteiger partial charge is 0.150 e. The molecule has 0 fully saturated rings. The average molecular weight is 300 g/mol. The van der Waals surface area contributed by atoms with Crippen molar-refractivity contribution in [1.29, 1.82) is 0 Å². The van der Waals surface area contributed by atoms with Crippen LogP contribution in [0.1, 0.15) is 10.4 Å². The van der Waals surface area contributed by atoms with E-state index in [-0.39, 0.29) is 10.5 Å². The molecule has 21 heavy (non-hydrogen) atoms. The topological polar surface area (TPSA) is 17.1 Å². The molecule has 0 heterocycles. The minimum absolute atomic E-state index is 0.00661. The van der Waals surface area contributed by atoms with Crippen LogP contribution < -0.4 is 0 Å². The third-order valence-corrected chi connectivity index (χ3v) is 4.18. The third-order valence-electron chi connectivity index (χ3n) is 3.10. The summed E-state index contributed by atoms with van der Waals surface area (Å²) in [5.41, 5.74) is -0.00661. The highest BCUT2D eigenvalue weighted by atomic mass is 32.2. The predicted octanol–water partition coefficient (Wildman–Crippen LogP) is 5.08. The fourth-order valence-corrected chi connectivity index (χ4v) is 2.96. The van der Waals surface area contributed by atoms with E-state index in [9.17, 15) is 13.6 Å². The van der Waals surface area contributed by atoms with Crippen molar-refractivity contribution in [2.24, 2.45) is 0 Å². The van der Waals surface area contributed by atoms with E-state index in [1.807, 2.05) is 42.5 Å². The van der Waals surface area contributed by atoms with E-state index in [0.717, 1.165) is 39.6 Å². The van der Waals surface area contributed by atoms with Crippen molar-refractivity contribution in [3.05, 3.63) is 71.8 Å². The number of halogens is 2. The van der Waals surface area contributed by atoms with Crippen LogP contribution in [0.25, 0.3) is 10.8 Å². The Morgan fingerprint density at radius 2 is 1.52 bits per heavy atom. The van der Waals surface area contributed by atoms with Gasteiger partial charge < -0.3 is 0 Å². The van der Waals surface area contributed by atoms with E-state index >= 15 is 0 Å². The van der Waals surface area contributed by atoms with Crippen LogP contribution in [-0.2, 0) is 0 Å². The normalized spacial score (nSPS) is 10.8. The van der Waals surface area contributed by atoms with Crippen LogP contribution in [0.15, 0.2) is 64.4 Å². The Kier molecular flexibility index (Phi) is 3.71. The van der Waals surface area contributed by atoms with E-state index < -0.39 is 11.6 Å². The van der Waals surface area contributed by atoms with Crippen molar-refractivity contribution in [2.75, 3.05) is 0 Å². The Hall–Kier alpha value is -2.20. The van der Waals surface area contributed by atoms with Crippen molar-refractivity contribution in [3.8, 4) is 0 Å². The van der Waals surface area contributed by atoms with Gasteiger partial charge in [0.2, 0.25) is 0 Å². The quantitative estimate of drug-likeness (QED) is 0.627. The van der Waals surface area contributed by atoms with Crippen LogP contribution in [0.5, 0.6) is 0 Å². The van der Waals surface area contributed by atoms with E-state index in [1.165, 1.54) is 0 Å². The molecule has 4 heteroatoms. The molecule has 0 aliphatic heterocycles. The molecule has 0 N–H and O–H groups in total. The van der Waals surface area contributed by atoms with E-state index in [1.54, 1.807) is 0 Å². The fourth-order valence-electron chi connectivity index (χ4n) is 2.09. The van der Waals surface area contributed by atoms with Gasteiger partial charge in [-0.3, -0.25) is 4.79 Å². The van der Waals surface area contributed by atoms with Gasteiger partial charge in [-0.15, -0.1) is 0 Å². The summed E-state index contributed by atoms with van der Waals surface area (Å²) in [6, 6.07) is 15.5. The van der Waals surface area contributed by atoms with E-state index in [4.69, 9.17) is 0 Å². The molecule has 0 bridgehead atoms. The Bertz CT molecular complexity index is 807. The van der Waals surface area contributed by atoms with Crippen LogP contribution in [-0.4, -0.2) is 6.29 Å². The number of carbonyl (C=O) groups excluding carboxylic acids is 1. The zero-order valence-electron chi connectivity index (χ0n) is 10.8. The SMILES string of the molecule is O=Cc1cc(F)c(Sc2ccc3ccccc3c2)c(F)c1. The standard InChI is InChI=1S/C17H10F2OS/c18-15-7-11(10-20)8-16(19)17(15)21-14-6-5-12-3-1-2-4-13(12)9-14/h1-10H. The number of aldehydes is 1. The van der Waals surface area contributed by atoms with E-state index in [2.05, 4.69) is 0 Å². The summed E-state index contributed by atoms with van der Waals surface area (Å²) in [4.78, 5) is 11.2. The van der Waals surface area contributed by atoms with Crippen molar-refractivity contribution >= 4 is 28.8 Å². The monoisotopic (exact) mass is 300 g/mol. The molecule has 0 aliphatic rings. The third kappa shape index (κ3) is 2.81. The predicted molar refractivity (Wildman–Crippen MR) is 79.8 cm³/mol. The highest BCUT2D eigenvalue weighted by Crippen LogP contribution is 2.34. The molecular weight excluding hydrogens is 290 g/mol. The van der Waals surface area contributed by atoms with Gasteiger partial charge in [0.15, 0.2) is 0 Å². The van der Waals surface area contributed by atoms with Crippen molar-refractivity contribution < 1.29 is 13.6 Å². The molecule has 0 aliphatic carbocycles. The minimum Gasteiger partial charge on any atom is -0.298 e. The number of rotatable bonds is 3. The molecule has 0 radical (unpaired) electrons. The Labute approximate surface area is 124 Å². The second kappa shape index (κ2) is 5.66. The van der Waals surface area contributed by atoms with Crippen LogP contribution in [0, 0.1) is 11.6 Å². The molecule has 0 amide bonds. The molecule has 0 spiro atoms. The summed E-state index contributed by atoms with van der Waals surface area (Å²) in [6.45, 7) is 0. The maximum atomic E-state index is 13.9. The zero-order valence-corrected chi connectivity index (χ0v) is 11.7. The number of fused-ring (bicyclic) bond motifs is 1. The van der Waals surface area contributed by atoms with Gasteiger partial charge in [-0.25, -0.2) is 8.78 Å². The summed E-state index contributed by atoms with van der Waals surface area (Å²) >= 11 is 1.01. The average Bonchev–Trinajstić information content (AvgIpc) is 2.50. The maximum Gasteiger partial charge on any atom is 0.150 e. The van der Waals surface area contributed by atoms with Gasteiger partial charge in [0, 0.05) is 10.5 Å². The lowest BCUT2D eigenvalue weighted by atomic mass is 10.1. The zero-order chi connectivity index (χ0) is 14.8. The second-order valence-electron chi connectivity index (χ2n) is 4.54. The van der Waals surface area contributed by atoms with Gasteiger partial charge >= 0.3 is 0 Å². The first-order valence-corrected chi connectivity index (χ1v) is 7.10. The second-order valence-corrected chi connectivity index (χ2v) is 5.63. The molecule has 0 atom stereocenters. The molecule has 3 rings (SSSR count). The van der Waals surface area contributed by atoms with E-state index in [0.29, 0.717) is 6.29 Å². The van der Waals surface area contributed by atoms with Crippen molar-refractivity contribution in [3.63, 3.8) is 0 Å². The largest absolute Gasteiger partial charge is 0.298 e. The summed E-state index contributed by atoms with van der Waals surface area (Å²) in [5.74, 6) is -1.45. The van der Waals surface area contributed by atoms with Crippen molar-refractivity contribution in [1.82, 2.24) is 0 Å². The Balaban J connectivity index is 2.00. The lowest BCUT2D eigenvalue weighted by Crippen LogP contribution is -1.92. The number of benzene rings is 3. The first-order valence-electron chi connectivity index (χ1n) is 6.28. The lowest BCUT2D eigenvalue weighted by molar-refractivity contribution is 0.112. The van der Waals surface area contributed by atoms with Gasteiger partial charge in [-0.05, 0) is 35.0 Å². The van der Waals surface area contributed by atoms with Gasteiger partial charge in [0.1, 0.15) is 17.9 Å². The molecule has 0 saturated carbocycles. The maximum absolute atomic E-state index is 13.9. The van der Waals surface area contributed by atoms with Crippen LogP contribution in [0.3, 0.4) is 0 Å².